The Morgan fingerprint density at radius 3 is 2.37 bits per heavy atom. The first kappa shape index (κ1) is 19.3. The summed E-state index contributed by atoms with van der Waals surface area (Å²) in [5.74, 6) is 1.83. The van der Waals surface area contributed by atoms with Crippen LogP contribution < -0.4 is 14.8 Å². The number of nitrogens with one attached hydrogen (secondary N) is 1. The van der Waals surface area contributed by atoms with Crippen molar-refractivity contribution < 1.29 is 14.3 Å². The van der Waals surface area contributed by atoms with Crippen LogP contribution in [0.1, 0.15) is 5.56 Å². The minimum absolute atomic E-state index is 0.110. The van der Waals surface area contributed by atoms with E-state index in [2.05, 4.69) is 10.4 Å². The monoisotopic (exact) mass is 399 g/mol. The van der Waals surface area contributed by atoms with Crippen molar-refractivity contribution in [1.82, 2.24) is 9.78 Å². The smallest absolute Gasteiger partial charge is 0.228 e. The maximum absolute atomic E-state index is 12.4. The van der Waals surface area contributed by atoms with Gasteiger partial charge in [-0.2, -0.15) is 5.10 Å². The van der Waals surface area contributed by atoms with Crippen LogP contribution >= 0.6 is 0 Å². The van der Waals surface area contributed by atoms with E-state index in [1.54, 1.807) is 42.3 Å². The van der Waals surface area contributed by atoms with Crippen LogP contribution in [0.4, 0.5) is 5.69 Å². The van der Waals surface area contributed by atoms with Crippen LogP contribution in [-0.2, 0) is 11.2 Å². The second-order valence-electron chi connectivity index (χ2n) is 6.63. The SMILES string of the molecule is COc1ccccc1Oc1ccc(NC(=O)Cc2cnn(-c3ccccc3)c2)cc1. The third-order valence-electron chi connectivity index (χ3n) is 4.46. The summed E-state index contributed by atoms with van der Waals surface area (Å²) >= 11 is 0. The highest BCUT2D eigenvalue weighted by atomic mass is 16.5. The van der Waals surface area contributed by atoms with Crippen molar-refractivity contribution in [2.75, 3.05) is 12.4 Å². The number of benzene rings is 3. The molecule has 0 aliphatic heterocycles. The molecule has 0 radical (unpaired) electrons. The van der Waals surface area contributed by atoms with Crippen LogP contribution in [-0.4, -0.2) is 22.8 Å². The summed E-state index contributed by atoms with van der Waals surface area (Å²) in [6.45, 7) is 0. The van der Waals surface area contributed by atoms with Gasteiger partial charge in [-0.3, -0.25) is 4.79 Å². The molecule has 0 aliphatic rings. The molecule has 0 bridgehead atoms. The number of carbonyl (C=O) groups excluding carboxylic acids is 1. The molecule has 0 atom stereocenters. The van der Waals surface area contributed by atoms with Crippen molar-refractivity contribution in [1.29, 1.82) is 0 Å². The molecule has 0 saturated carbocycles. The maximum Gasteiger partial charge on any atom is 0.228 e. The van der Waals surface area contributed by atoms with E-state index in [9.17, 15) is 4.79 Å². The lowest BCUT2D eigenvalue weighted by Gasteiger charge is -2.10. The first-order valence-corrected chi connectivity index (χ1v) is 9.51. The number of hydrogen-bond donors (Lipinski definition) is 1. The zero-order valence-corrected chi connectivity index (χ0v) is 16.5. The van der Waals surface area contributed by atoms with E-state index in [0.717, 1.165) is 11.3 Å². The zero-order valence-electron chi connectivity index (χ0n) is 16.5. The lowest BCUT2D eigenvalue weighted by atomic mass is 10.2. The van der Waals surface area contributed by atoms with Gasteiger partial charge in [0.1, 0.15) is 5.75 Å². The third kappa shape index (κ3) is 4.67. The summed E-state index contributed by atoms with van der Waals surface area (Å²) in [7, 11) is 1.60. The molecule has 0 aliphatic carbocycles. The number of methoxy groups -OCH3 is 1. The summed E-state index contributed by atoms with van der Waals surface area (Å²) in [6, 6.07) is 24.4. The summed E-state index contributed by atoms with van der Waals surface area (Å²) in [5, 5.41) is 7.22. The van der Waals surface area contributed by atoms with Crippen molar-refractivity contribution in [3.8, 4) is 22.9 Å². The Bertz CT molecular complexity index is 1120. The molecule has 4 rings (SSSR count). The average Bonchev–Trinajstić information content (AvgIpc) is 3.24. The Morgan fingerprint density at radius 1 is 0.933 bits per heavy atom. The number of para-hydroxylation sites is 3. The van der Waals surface area contributed by atoms with Gasteiger partial charge in [0.05, 0.1) is 25.4 Å². The fourth-order valence-electron chi connectivity index (χ4n) is 3.00. The highest BCUT2D eigenvalue weighted by Crippen LogP contribution is 2.31. The number of rotatable bonds is 7. The zero-order chi connectivity index (χ0) is 20.8. The van der Waals surface area contributed by atoms with Gasteiger partial charge >= 0.3 is 0 Å². The number of ether oxygens (including phenoxy) is 2. The molecule has 0 unspecified atom stereocenters. The van der Waals surface area contributed by atoms with Gasteiger partial charge in [-0.1, -0.05) is 30.3 Å². The van der Waals surface area contributed by atoms with E-state index in [-0.39, 0.29) is 12.3 Å². The topological polar surface area (TPSA) is 65.4 Å². The predicted octanol–water partition coefficient (Wildman–Crippen LogP) is 4.85. The first-order valence-electron chi connectivity index (χ1n) is 9.51. The number of aromatic nitrogens is 2. The molecule has 1 N–H and O–H groups in total. The quantitative estimate of drug-likeness (QED) is 0.482. The van der Waals surface area contributed by atoms with Crippen LogP contribution in [0, 0.1) is 0 Å². The van der Waals surface area contributed by atoms with Crippen molar-refractivity contribution in [2.24, 2.45) is 0 Å². The Hall–Kier alpha value is -4.06. The number of hydrogen-bond acceptors (Lipinski definition) is 4. The summed E-state index contributed by atoms with van der Waals surface area (Å²) < 4.78 is 12.9. The van der Waals surface area contributed by atoms with Crippen LogP contribution in [0.3, 0.4) is 0 Å². The molecule has 0 fully saturated rings. The van der Waals surface area contributed by atoms with Gasteiger partial charge < -0.3 is 14.8 Å². The highest BCUT2D eigenvalue weighted by Gasteiger charge is 2.08. The molecule has 150 valence electrons. The number of carbonyl (C=O) groups is 1. The van der Waals surface area contributed by atoms with Crippen molar-refractivity contribution in [3.05, 3.63) is 96.8 Å². The fourth-order valence-corrected chi connectivity index (χ4v) is 3.00. The van der Waals surface area contributed by atoms with Gasteiger partial charge in [-0.15, -0.1) is 0 Å². The number of anilines is 1. The average molecular weight is 399 g/mol. The van der Waals surface area contributed by atoms with E-state index in [1.807, 2.05) is 60.8 Å². The predicted molar refractivity (Wildman–Crippen MR) is 115 cm³/mol. The van der Waals surface area contributed by atoms with Gasteiger partial charge in [0, 0.05) is 11.9 Å². The molecule has 30 heavy (non-hydrogen) atoms. The van der Waals surface area contributed by atoms with Crippen LogP contribution in [0.2, 0.25) is 0 Å². The van der Waals surface area contributed by atoms with Crippen LogP contribution in [0.15, 0.2) is 91.3 Å². The molecule has 1 heterocycles. The Labute approximate surface area is 174 Å². The summed E-state index contributed by atoms with van der Waals surface area (Å²) in [5.41, 5.74) is 2.49. The third-order valence-corrected chi connectivity index (χ3v) is 4.46. The lowest BCUT2D eigenvalue weighted by Crippen LogP contribution is -2.13. The van der Waals surface area contributed by atoms with Gasteiger partial charge in [-0.05, 0) is 54.1 Å². The second-order valence-corrected chi connectivity index (χ2v) is 6.63. The molecule has 1 amide bonds. The molecule has 6 nitrogen and oxygen atoms in total. The van der Waals surface area contributed by atoms with Gasteiger partial charge in [0.25, 0.3) is 0 Å². The second kappa shape index (κ2) is 8.96. The minimum atomic E-state index is -0.110. The molecule has 0 saturated heterocycles. The standard InChI is InChI=1S/C24H21N3O3/c1-29-22-9-5-6-10-23(22)30-21-13-11-19(12-14-21)26-24(28)15-18-16-25-27(17-18)20-7-3-2-4-8-20/h2-14,16-17H,15H2,1H3,(H,26,28). The van der Waals surface area contributed by atoms with E-state index >= 15 is 0 Å². The van der Waals surface area contributed by atoms with E-state index in [4.69, 9.17) is 9.47 Å². The molecular weight excluding hydrogens is 378 g/mol. The minimum Gasteiger partial charge on any atom is -0.493 e. The van der Waals surface area contributed by atoms with E-state index in [1.165, 1.54) is 0 Å². The summed E-state index contributed by atoms with van der Waals surface area (Å²) in [4.78, 5) is 12.4. The van der Waals surface area contributed by atoms with E-state index < -0.39 is 0 Å². The largest absolute Gasteiger partial charge is 0.493 e. The first-order chi connectivity index (χ1) is 14.7. The maximum atomic E-state index is 12.4. The Kier molecular flexibility index (Phi) is 5.75. The fraction of sp³-hybridized carbons (Fsp3) is 0.0833. The molecule has 6 heteroatoms. The lowest BCUT2D eigenvalue weighted by molar-refractivity contribution is -0.115. The van der Waals surface area contributed by atoms with Crippen LogP contribution in [0.25, 0.3) is 5.69 Å². The normalized spacial score (nSPS) is 10.4. The van der Waals surface area contributed by atoms with Crippen molar-refractivity contribution in [3.63, 3.8) is 0 Å². The van der Waals surface area contributed by atoms with Gasteiger partial charge in [0.2, 0.25) is 5.91 Å². The number of amides is 1. The Morgan fingerprint density at radius 2 is 1.63 bits per heavy atom. The van der Waals surface area contributed by atoms with Crippen molar-refractivity contribution in [2.45, 2.75) is 6.42 Å². The Balaban J connectivity index is 1.35. The van der Waals surface area contributed by atoms with Gasteiger partial charge in [0.15, 0.2) is 11.5 Å². The highest BCUT2D eigenvalue weighted by molar-refractivity contribution is 5.92. The molecular formula is C24H21N3O3. The molecule has 0 spiro atoms. The number of nitrogens with zero attached hydrogens (tertiary/aromatic N) is 2. The molecule has 3 aromatic carbocycles. The molecule has 1 aromatic heterocycles. The summed E-state index contributed by atoms with van der Waals surface area (Å²) in [6.07, 6.45) is 3.81. The van der Waals surface area contributed by atoms with E-state index in [0.29, 0.717) is 22.9 Å². The van der Waals surface area contributed by atoms with Crippen molar-refractivity contribution >= 4 is 11.6 Å². The molecule has 4 aromatic rings. The van der Waals surface area contributed by atoms with Crippen LogP contribution in [0.5, 0.6) is 17.2 Å². The van der Waals surface area contributed by atoms with Gasteiger partial charge in [-0.25, -0.2) is 4.68 Å².